The molecule has 5 heteroatoms. The predicted molar refractivity (Wildman–Crippen MR) is 111 cm³/mol. The molecule has 0 spiro atoms. The van der Waals surface area contributed by atoms with Crippen LogP contribution < -0.4 is 0 Å². The van der Waals surface area contributed by atoms with Crippen molar-refractivity contribution in [3.63, 3.8) is 0 Å². The van der Waals surface area contributed by atoms with E-state index in [1.54, 1.807) is 0 Å². The fourth-order valence-corrected chi connectivity index (χ4v) is 4.60. The number of hydrogen-bond acceptors (Lipinski definition) is 4. The second kappa shape index (κ2) is 7.64. The molecule has 0 aliphatic carbocycles. The lowest BCUT2D eigenvalue weighted by Crippen LogP contribution is -2.51. The van der Waals surface area contributed by atoms with E-state index in [4.69, 9.17) is 0 Å². The van der Waals surface area contributed by atoms with Gasteiger partial charge in [-0.25, -0.2) is 0 Å². The number of amides is 1. The van der Waals surface area contributed by atoms with Crippen LogP contribution >= 0.6 is 0 Å². The largest absolute Gasteiger partial charge is 0.385 e. The molecule has 0 radical (unpaired) electrons. The Morgan fingerprint density at radius 3 is 2.82 bits per heavy atom. The highest BCUT2D eigenvalue weighted by Gasteiger charge is 2.39. The summed E-state index contributed by atoms with van der Waals surface area (Å²) in [5.41, 5.74) is 1.98. The molecule has 1 N–H and O–H groups in total. The summed E-state index contributed by atoms with van der Waals surface area (Å²) in [6.45, 7) is 8.70. The molecule has 148 valence electrons. The molecule has 3 heterocycles. The van der Waals surface area contributed by atoms with Gasteiger partial charge in [-0.15, -0.1) is 6.58 Å². The van der Waals surface area contributed by atoms with Gasteiger partial charge < -0.3 is 10.0 Å². The number of hydrogen-bond donors (Lipinski definition) is 1. The lowest BCUT2D eigenvalue weighted by molar-refractivity contribution is -0.140. The van der Waals surface area contributed by atoms with E-state index in [1.165, 1.54) is 0 Å². The van der Waals surface area contributed by atoms with E-state index >= 15 is 0 Å². The Hall–Kier alpha value is -2.24. The van der Waals surface area contributed by atoms with E-state index in [1.807, 2.05) is 42.2 Å². The number of benzene rings is 1. The van der Waals surface area contributed by atoms with Crippen molar-refractivity contribution in [2.45, 2.75) is 44.2 Å². The molecule has 1 amide bonds. The Bertz CT molecular complexity index is 887. The summed E-state index contributed by atoms with van der Waals surface area (Å²) in [6.07, 6.45) is 4.99. The van der Waals surface area contributed by atoms with Gasteiger partial charge in [0.05, 0.1) is 17.2 Å². The first-order valence-electron chi connectivity index (χ1n) is 10.2. The third-order valence-corrected chi connectivity index (χ3v) is 6.28. The first kappa shape index (κ1) is 19.1. The number of piperidine rings is 1. The molecular formula is C23H29N3O2. The van der Waals surface area contributed by atoms with Gasteiger partial charge in [0.15, 0.2) is 0 Å². The average Bonchev–Trinajstić information content (AvgIpc) is 3.16. The van der Waals surface area contributed by atoms with Crippen molar-refractivity contribution in [2.75, 3.05) is 26.2 Å². The number of carbonyl (C=O) groups excluding carboxylic acids is 1. The van der Waals surface area contributed by atoms with E-state index in [0.717, 1.165) is 48.1 Å². The summed E-state index contributed by atoms with van der Waals surface area (Å²) in [6, 6.07) is 10.0. The lowest BCUT2D eigenvalue weighted by atomic mass is 9.83. The van der Waals surface area contributed by atoms with E-state index in [-0.39, 0.29) is 11.9 Å². The number of aryl methyl sites for hydroxylation is 1. The molecule has 1 aromatic carbocycles. The quantitative estimate of drug-likeness (QED) is 0.830. The van der Waals surface area contributed by atoms with Crippen LogP contribution in [-0.4, -0.2) is 58.0 Å². The van der Waals surface area contributed by atoms with Gasteiger partial charge in [0, 0.05) is 30.7 Å². The van der Waals surface area contributed by atoms with Gasteiger partial charge >= 0.3 is 0 Å². The Morgan fingerprint density at radius 2 is 2.07 bits per heavy atom. The molecule has 1 aromatic heterocycles. The van der Waals surface area contributed by atoms with Crippen molar-refractivity contribution in [2.24, 2.45) is 0 Å². The third kappa shape index (κ3) is 3.56. The van der Waals surface area contributed by atoms with Crippen molar-refractivity contribution in [1.29, 1.82) is 0 Å². The van der Waals surface area contributed by atoms with Crippen molar-refractivity contribution in [3.8, 4) is 0 Å². The van der Waals surface area contributed by atoms with Crippen LogP contribution in [0.1, 0.15) is 36.9 Å². The van der Waals surface area contributed by atoms with Crippen molar-refractivity contribution < 1.29 is 9.90 Å². The van der Waals surface area contributed by atoms with Gasteiger partial charge in [-0.1, -0.05) is 18.2 Å². The van der Waals surface area contributed by atoms with Crippen LogP contribution in [0.5, 0.6) is 0 Å². The van der Waals surface area contributed by atoms with E-state index < -0.39 is 5.60 Å². The summed E-state index contributed by atoms with van der Waals surface area (Å²) < 4.78 is 0. The normalized spacial score (nSPS) is 22.5. The molecule has 4 rings (SSSR count). The monoisotopic (exact) mass is 379 g/mol. The van der Waals surface area contributed by atoms with Gasteiger partial charge in [-0.3, -0.25) is 14.7 Å². The summed E-state index contributed by atoms with van der Waals surface area (Å²) in [4.78, 5) is 21.7. The molecule has 2 aliphatic rings. The Kier molecular flexibility index (Phi) is 5.21. The zero-order valence-electron chi connectivity index (χ0n) is 16.6. The highest BCUT2D eigenvalue weighted by molar-refractivity contribution is 5.82. The average molecular weight is 380 g/mol. The molecule has 5 nitrogen and oxygen atoms in total. The summed E-state index contributed by atoms with van der Waals surface area (Å²) in [5, 5.41) is 12.3. The van der Waals surface area contributed by atoms with Gasteiger partial charge in [0.2, 0.25) is 5.91 Å². The van der Waals surface area contributed by atoms with E-state index in [9.17, 15) is 9.90 Å². The fourth-order valence-electron chi connectivity index (χ4n) is 4.60. The van der Waals surface area contributed by atoms with Gasteiger partial charge in [0.1, 0.15) is 0 Å². The maximum Gasteiger partial charge on any atom is 0.239 e. The van der Waals surface area contributed by atoms with Crippen LogP contribution in [0.25, 0.3) is 10.9 Å². The predicted octanol–water partition coefficient (Wildman–Crippen LogP) is 3.00. The van der Waals surface area contributed by atoms with Crippen LogP contribution in [-0.2, 0) is 10.4 Å². The smallest absolute Gasteiger partial charge is 0.239 e. The SMILES string of the molecule is C=CCN1CCC[C@@H]1C(=O)N1CCC(O)(c2ccc3nc(C)ccc3c2)CC1. The van der Waals surface area contributed by atoms with E-state index in [0.29, 0.717) is 25.9 Å². The van der Waals surface area contributed by atoms with E-state index in [2.05, 4.69) is 22.5 Å². The number of rotatable bonds is 4. The van der Waals surface area contributed by atoms with Crippen LogP contribution in [0.2, 0.25) is 0 Å². The van der Waals surface area contributed by atoms with Crippen LogP contribution in [0.4, 0.5) is 0 Å². The molecule has 2 fully saturated rings. The molecule has 2 aromatic rings. The zero-order valence-corrected chi connectivity index (χ0v) is 16.6. The molecular weight excluding hydrogens is 350 g/mol. The molecule has 1 atom stereocenters. The molecule has 0 saturated carbocycles. The lowest BCUT2D eigenvalue weighted by Gasteiger charge is -2.40. The molecule has 2 saturated heterocycles. The second-order valence-corrected chi connectivity index (χ2v) is 8.16. The Labute approximate surface area is 166 Å². The minimum absolute atomic E-state index is 0.0285. The molecule has 0 unspecified atom stereocenters. The van der Waals surface area contributed by atoms with Gasteiger partial charge in [0.25, 0.3) is 0 Å². The topological polar surface area (TPSA) is 56.7 Å². The van der Waals surface area contributed by atoms with Crippen LogP contribution in [0, 0.1) is 6.92 Å². The third-order valence-electron chi connectivity index (χ3n) is 6.28. The molecule has 0 bridgehead atoms. The van der Waals surface area contributed by atoms with Crippen LogP contribution in [0.15, 0.2) is 43.0 Å². The Balaban J connectivity index is 1.46. The van der Waals surface area contributed by atoms with Gasteiger partial charge in [-0.2, -0.15) is 0 Å². The minimum atomic E-state index is -0.883. The Morgan fingerprint density at radius 1 is 1.29 bits per heavy atom. The maximum atomic E-state index is 13.0. The highest BCUT2D eigenvalue weighted by Crippen LogP contribution is 2.35. The molecule has 28 heavy (non-hydrogen) atoms. The first-order chi connectivity index (χ1) is 13.5. The number of likely N-dealkylation sites (tertiary alicyclic amines) is 2. The number of aliphatic hydroxyl groups is 1. The number of aromatic nitrogens is 1. The van der Waals surface area contributed by atoms with Gasteiger partial charge in [-0.05, 0) is 62.9 Å². The van der Waals surface area contributed by atoms with Crippen molar-refractivity contribution in [3.05, 3.63) is 54.2 Å². The maximum absolute atomic E-state index is 13.0. The fraction of sp³-hybridized carbons (Fsp3) is 0.478. The molecule has 2 aliphatic heterocycles. The number of pyridine rings is 1. The summed E-state index contributed by atoms with van der Waals surface area (Å²) >= 11 is 0. The first-order valence-corrected chi connectivity index (χ1v) is 10.2. The minimum Gasteiger partial charge on any atom is -0.385 e. The highest BCUT2D eigenvalue weighted by atomic mass is 16.3. The second-order valence-electron chi connectivity index (χ2n) is 8.16. The van der Waals surface area contributed by atoms with Crippen molar-refractivity contribution >= 4 is 16.8 Å². The summed E-state index contributed by atoms with van der Waals surface area (Å²) in [7, 11) is 0. The summed E-state index contributed by atoms with van der Waals surface area (Å²) in [5.74, 6) is 0.208. The number of nitrogens with zero attached hydrogens (tertiary/aromatic N) is 3. The number of carbonyl (C=O) groups is 1. The zero-order chi connectivity index (χ0) is 19.7. The van der Waals surface area contributed by atoms with Crippen molar-refractivity contribution in [1.82, 2.24) is 14.8 Å². The number of fused-ring (bicyclic) bond motifs is 1. The van der Waals surface area contributed by atoms with Crippen LogP contribution in [0.3, 0.4) is 0 Å². The standard InChI is InChI=1S/C23H29N3O2/c1-3-12-25-13-4-5-21(25)22(27)26-14-10-23(28,11-15-26)19-8-9-20-18(16-19)7-6-17(2)24-20/h3,6-9,16,21,28H,1,4-5,10-15H2,2H3/t21-/m1/s1.